The van der Waals surface area contributed by atoms with Crippen LogP contribution in [0.25, 0.3) is 0 Å². The smallest absolute Gasteiger partial charge is 0.326 e. The molecule has 0 saturated carbocycles. The van der Waals surface area contributed by atoms with Crippen LogP contribution in [0.2, 0.25) is 0 Å². The summed E-state index contributed by atoms with van der Waals surface area (Å²) in [5.74, 6) is -12.7. The molecule has 1 aliphatic heterocycles. The van der Waals surface area contributed by atoms with Crippen molar-refractivity contribution in [3.8, 4) is 5.75 Å². The van der Waals surface area contributed by atoms with E-state index in [1.165, 1.54) is 29.2 Å². The molecule has 9 amide bonds. The summed E-state index contributed by atoms with van der Waals surface area (Å²) in [6.45, 7) is 8.83. The summed E-state index contributed by atoms with van der Waals surface area (Å²) < 4.78 is 0. The third-order valence-electron chi connectivity index (χ3n) is 12.4. The number of primary amides is 1. The first-order chi connectivity index (χ1) is 35.7. The minimum Gasteiger partial charge on any atom is -0.508 e. The summed E-state index contributed by atoms with van der Waals surface area (Å²) in [6.07, 6.45) is -1.54. The molecule has 1 aliphatic rings. The van der Waals surface area contributed by atoms with Gasteiger partial charge >= 0.3 is 11.9 Å². The van der Waals surface area contributed by atoms with E-state index in [0.717, 1.165) is 5.56 Å². The lowest BCUT2D eigenvalue weighted by molar-refractivity contribution is -0.144. The third kappa shape index (κ3) is 19.9. The number of aromatic hydroxyl groups is 1. The molecular weight excluding hydrogens is 993 g/mol. The third-order valence-corrected chi connectivity index (χ3v) is 12.4. The van der Waals surface area contributed by atoms with Gasteiger partial charge in [-0.1, -0.05) is 84.0 Å². The van der Waals surface area contributed by atoms with Gasteiger partial charge < -0.3 is 74.0 Å². The van der Waals surface area contributed by atoms with Gasteiger partial charge in [-0.25, -0.2) is 4.79 Å². The number of nitrogens with one attached hydrogen (secondary N) is 7. The van der Waals surface area contributed by atoms with Crippen molar-refractivity contribution in [1.82, 2.24) is 42.1 Å². The van der Waals surface area contributed by atoms with Crippen molar-refractivity contribution in [2.24, 2.45) is 29.2 Å². The van der Waals surface area contributed by atoms with Crippen molar-refractivity contribution in [3.05, 3.63) is 65.7 Å². The summed E-state index contributed by atoms with van der Waals surface area (Å²) in [5.41, 5.74) is 12.8. The Labute approximate surface area is 440 Å². The molecule has 0 bridgehead atoms. The van der Waals surface area contributed by atoms with Crippen molar-refractivity contribution < 1.29 is 73.2 Å². The Balaban J connectivity index is 1.84. The summed E-state index contributed by atoms with van der Waals surface area (Å²) in [4.78, 5) is 147. The first-order valence-electron chi connectivity index (χ1n) is 25.1. The molecule has 0 spiro atoms. The van der Waals surface area contributed by atoms with E-state index in [-0.39, 0.29) is 43.9 Å². The molecule has 2 aromatic carbocycles. The topological polar surface area (TPSA) is 408 Å². The van der Waals surface area contributed by atoms with Gasteiger partial charge in [-0.3, -0.25) is 47.9 Å². The summed E-state index contributed by atoms with van der Waals surface area (Å²) in [7, 11) is 0. The fourth-order valence-electron chi connectivity index (χ4n) is 8.25. The first-order valence-corrected chi connectivity index (χ1v) is 25.1. The van der Waals surface area contributed by atoms with Crippen LogP contribution in [-0.4, -0.2) is 158 Å². The molecule has 1 fully saturated rings. The van der Waals surface area contributed by atoms with E-state index >= 15 is 0 Å². The number of amides is 9. The van der Waals surface area contributed by atoms with Gasteiger partial charge in [0.05, 0.1) is 19.1 Å². The molecule has 1 heterocycles. The quantitative estimate of drug-likeness (QED) is 0.0405. The average molecular weight is 1070 g/mol. The predicted octanol–water partition coefficient (Wildman–Crippen LogP) is -1.94. The maximum Gasteiger partial charge on any atom is 0.326 e. The Morgan fingerprint density at radius 1 is 0.618 bits per heavy atom. The number of rotatable bonds is 30. The highest BCUT2D eigenvalue weighted by molar-refractivity contribution is 5.99. The van der Waals surface area contributed by atoms with E-state index in [4.69, 9.17) is 11.5 Å². The Morgan fingerprint density at radius 3 is 1.68 bits per heavy atom. The monoisotopic (exact) mass is 1070 g/mol. The number of carbonyl (C=O) groups is 11. The molecule has 25 nitrogen and oxygen atoms in total. The molecule has 15 N–H and O–H groups in total. The number of phenols is 1. The van der Waals surface area contributed by atoms with E-state index < -0.39 is 157 Å². The van der Waals surface area contributed by atoms with Crippen LogP contribution in [-0.2, 0) is 65.6 Å². The summed E-state index contributed by atoms with van der Waals surface area (Å²) in [5, 5.41) is 56.4. The first kappa shape index (κ1) is 62.6. The minimum absolute atomic E-state index is 0.00775. The molecule has 0 unspecified atom stereocenters. The van der Waals surface area contributed by atoms with Gasteiger partial charge in [0.25, 0.3) is 0 Å². The van der Waals surface area contributed by atoms with E-state index in [0.29, 0.717) is 12.0 Å². The fraction of sp³-hybridized carbons (Fsp3) is 0.549. The van der Waals surface area contributed by atoms with Crippen LogP contribution < -0.4 is 48.7 Å². The number of carbonyl (C=O) groups excluding carboxylic acids is 9. The molecule has 3 rings (SSSR count). The summed E-state index contributed by atoms with van der Waals surface area (Å²) >= 11 is 0. The number of likely N-dealkylation sites (tertiary alicyclic amines) is 1. The number of nitrogens with zero attached hydrogens (tertiary/aromatic N) is 1. The van der Waals surface area contributed by atoms with Gasteiger partial charge in [0.15, 0.2) is 0 Å². The van der Waals surface area contributed by atoms with Gasteiger partial charge in [0.1, 0.15) is 54.1 Å². The number of phenolic OH excluding ortho intramolecular Hbond substituents is 1. The molecule has 76 heavy (non-hydrogen) atoms. The Morgan fingerprint density at radius 2 is 1.13 bits per heavy atom. The van der Waals surface area contributed by atoms with E-state index in [2.05, 4.69) is 37.2 Å². The average Bonchev–Trinajstić information content (AvgIpc) is 3.85. The molecule has 418 valence electrons. The van der Waals surface area contributed by atoms with Crippen LogP contribution >= 0.6 is 0 Å². The van der Waals surface area contributed by atoms with Crippen LogP contribution in [0.3, 0.4) is 0 Å². The molecule has 0 aliphatic carbocycles. The maximum absolute atomic E-state index is 14.4. The zero-order valence-electron chi connectivity index (χ0n) is 43.6. The SMILES string of the molecule is CC(C)C[C@H](NC(=O)[C@@H](N)Cc1ccccc1)C(=O)N[C@@H](CC(=O)O)C(=O)N[C@@H](CCC(N)=O)C(=O)N[C@H](C(=O)N1CCC[C@H]1C(=O)N[C@@H](Cc1ccc(O)cc1)C(=O)N[C@@H](CO)C(=O)N[C@H](C(=O)O)C(C)C)C(C)C. The Kier molecular flexibility index (Phi) is 24.7. The van der Waals surface area contributed by atoms with Crippen LogP contribution in [0.1, 0.15) is 91.2 Å². The number of carboxylic acids is 2. The van der Waals surface area contributed by atoms with Crippen LogP contribution in [0.5, 0.6) is 5.75 Å². The van der Waals surface area contributed by atoms with E-state index in [1.807, 2.05) is 0 Å². The Hall–Kier alpha value is -7.67. The zero-order chi connectivity index (χ0) is 57.0. The van der Waals surface area contributed by atoms with Gasteiger partial charge in [-0.15, -0.1) is 0 Å². The number of hydrogen-bond acceptors (Lipinski definition) is 14. The van der Waals surface area contributed by atoms with Crippen molar-refractivity contribution in [2.75, 3.05) is 13.2 Å². The largest absolute Gasteiger partial charge is 0.508 e. The molecule has 25 heteroatoms. The van der Waals surface area contributed by atoms with Gasteiger partial charge in [0, 0.05) is 19.4 Å². The number of aliphatic hydroxyl groups excluding tert-OH is 1. The lowest BCUT2D eigenvalue weighted by Crippen LogP contribution is -2.61. The number of hydrogen-bond donors (Lipinski definition) is 13. The number of benzene rings is 2. The highest BCUT2D eigenvalue weighted by Crippen LogP contribution is 2.22. The second-order valence-corrected chi connectivity index (χ2v) is 19.9. The second kappa shape index (κ2) is 30.0. The van der Waals surface area contributed by atoms with Gasteiger partial charge in [0.2, 0.25) is 53.2 Å². The number of aliphatic hydroxyl groups is 1. The number of aliphatic carboxylic acids is 2. The molecule has 0 radical (unpaired) electrons. The molecular formula is C51H74N10O15. The van der Waals surface area contributed by atoms with Crippen LogP contribution in [0.15, 0.2) is 54.6 Å². The molecule has 2 aromatic rings. The molecule has 9 atom stereocenters. The van der Waals surface area contributed by atoms with Crippen molar-refractivity contribution in [3.63, 3.8) is 0 Å². The maximum atomic E-state index is 14.4. The second-order valence-electron chi connectivity index (χ2n) is 19.9. The normalized spacial score (nSPS) is 16.4. The number of nitrogens with two attached hydrogens (primary N) is 2. The van der Waals surface area contributed by atoms with Gasteiger partial charge in [-0.2, -0.15) is 0 Å². The standard InChI is InChI=1S/C51H74N10O15/c1-26(2)21-34(55-43(67)32(52)22-29-11-8-7-9-12-29)45(69)56-36(24-40(65)66)47(71)54-33(18-19-39(53)64)44(68)59-41(27(3)4)50(74)61-20-10-13-38(61)49(73)57-35(23-30-14-16-31(63)17-15-30)46(70)58-37(25-62)48(72)60-42(28(5)6)51(75)76/h7-9,11-12,14-17,26-28,32-38,41-42,62-63H,10,13,18-25,52H2,1-6H3,(H2,53,64)(H,54,71)(H,55,67)(H,56,69)(H,57,73)(H,58,70)(H,59,68)(H,60,72)(H,65,66)(H,75,76)/t32-,33-,34-,35-,36-,37-,38-,41-,42-/m0/s1. The van der Waals surface area contributed by atoms with Crippen LogP contribution in [0, 0.1) is 17.8 Å². The number of carboxylic acid groups (broad SMARTS) is 2. The lowest BCUT2D eigenvalue weighted by Gasteiger charge is -2.32. The molecule has 0 aromatic heterocycles. The Bertz CT molecular complexity index is 2370. The van der Waals surface area contributed by atoms with Crippen molar-refractivity contribution in [1.29, 1.82) is 0 Å². The van der Waals surface area contributed by atoms with E-state index in [1.54, 1.807) is 71.9 Å². The zero-order valence-corrected chi connectivity index (χ0v) is 43.6. The summed E-state index contributed by atoms with van der Waals surface area (Å²) in [6, 6.07) is 1.56. The van der Waals surface area contributed by atoms with Crippen molar-refractivity contribution >= 4 is 65.1 Å². The van der Waals surface area contributed by atoms with E-state index in [9.17, 15) is 73.2 Å². The van der Waals surface area contributed by atoms with Crippen LogP contribution in [0.4, 0.5) is 0 Å². The lowest BCUT2D eigenvalue weighted by atomic mass is 10.00. The predicted molar refractivity (Wildman–Crippen MR) is 273 cm³/mol. The van der Waals surface area contributed by atoms with Gasteiger partial charge in [-0.05, 0) is 73.1 Å². The van der Waals surface area contributed by atoms with Crippen molar-refractivity contribution in [2.45, 2.75) is 147 Å². The highest BCUT2D eigenvalue weighted by atomic mass is 16.4. The molecule has 1 saturated heterocycles. The highest BCUT2D eigenvalue weighted by Gasteiger charge is 2.41. The fourth-order valence-corrected chi connectivity index (χ4v) is 8.25. The minimum atomic E-state index is -1.83.